The highest BCUT2D eigenvalue weighted by Crippen LogP contribution is 2.31. The number of hydrogen-bond donors (Lipinski definition) is 1. The average molecular weight is 346 g/mol. The molecule has 0 atom stereocenters. The van der Waals surface area contributed by atoms with E-state index in [-0.39, 0.29) is 12.5 Å². The minimum atomic E-state index is -0.159. The van der Waals surface area contributed by atoms with Gasteiger partial charge in [0.05, 0.1) is 19.7 Å². The number of hydrogen-bond acceptors (Lipinski definition) is 6. The third kappa shape index (κ3) is 3.18. The Bertz CT molecular complexity index is 871. The van der Waals surface area contributed by atoms with E-state index in [1.807, 2.05) is 35.9 Å². The number of rotatable bonds is 6. The highest BCUT2D eigenvalue weighted by Gasteiger charge is 2.13. The Kier molecular flexibility index (Phi) is 4.66. The second kappa shape index (κ2) is 6.88. The van der Waals surface area contributed by atoms with Crippen LogP contribution in [0.25, 0.3) is 10.9 Å². The highest BCUT2D eigenvalue weighted by molar-refractivity contribution is 7.15. The van der Waals surface area contributed by atoms with E-state index in [0.29, 0.717) is 16.6 Å². The quantitative estimate of drug-likeness (QED) is 0.742. The number of carbonyl (C=O) groups is 1. The number of anilines is 1. The Morgan fingerprint density at radius 3 is 2.79 bits per heavy atom. The van der Waals surface area contributed by atoms with Crippen LogP contribution in [0.15, 0.2) is 24.4 Å². The van der Waals surface area contributed by atoms with Crippen LogP contribution in [0.4, 0.5) is 5.13 Å². The summed E-state index contributed by atoms with van der Waals surface area (Å²) in [6.07, 6.45) is 2.65. The molecule has 0 saturated carbocycles. The van der Waals surface area contributed by atoms with Crippen molar-refractivity contribution in [3.63, 3.8) is 0 Å². The Hall–Kier alpha value is -2.61. The number of aromatic nitrogens is 3. The zero-order chi connectivity index (χ0) is 17.1. The van der Waals surface area contributed by atoms with Gasteiger partial charge in [0.15, 0.2) is 0 Å². The normalized spacial score (nSPS) is 10.8. The van der Waals surface area contributed by atoms with Crippen LogP contribution in [-0.2, 0) is 17.8 Å². The molecule has 126 valence electrons. The first-order valence-corrected chi connectivity index (χ1v) is 8.29. The number of aryl methyl sites for hydroxylation is 1. The van der Waals surface area contributed by atoms with Crippen molar-refractivity contribution in [2.75, 3.05) is 19.5 Å². The number of carbonyl (C=O) groups excluding carboxylic acids is 1. The van der Waals surface area contributed by atoms with Gasteiger partial charge >= 0.3 is 0 Å². The van der Waals surface area contributed by atoms with Crippen LogP contribution in [0.3, 0.4) is 0 Å². The van der Waals surface area contributed by atoms with E-state index in [1.54, 1.807) is 14.2 Å². The molecular formula is C16H18N4O3S. The first-order chi connectivity index (χ1) is 11.6. The molecule has 1 N–H and O–H groups in total. The maximum Gasteiger partial charge on any atom is 0.246 e. The van der Waals surface area contributed by atoms with Crippen LogP contribution < -0.4 is 14.8 Å². The minimum Gasteiger partial charge on any atom is -0.497 e. The zero-order valence-electron chi connectivity index (χ0n) is 13.7. The monoisotopic (exact) mass is 346 g/mol. The molecule has 1 aromatic carbocycles. The SMILES string of the molecule is CCc1nnc(NC(=O)Cn2ccc3c(OC)cc(OC)cc32)s1. The average Bonchev–Trinajstić information content (AvgIpc) is 3.21. The number of fused-ring (bicyclic) bond motifs is 1. The van der Waals surface area contributed by atoms with Crippen LogP contribution in [0, 0.1) is 0 Å². The van der Waals surface area contributed by atoms with E-state index in [4.69, 9.17) is 9.47 Å². The number of nitrogens with one attached hydrogen (secondary N) is 1. The molecule has 8 heteroatoms. The lowest BCUT2D eigenvalue weighted by Crippen LogP contribution is -2.18. The van der Waals surface area contributed by atoms with Gasteiger partial charge in [0.2, 0.25) is 11.0 Å². The van der Waals surface area contributed by atoms with Crippen LogP contribution in [0.5, 0.6) is 11.5 Å². The lowest BCUT2D eigenvalue weighted by atomic mass is 10.2. The molecule has 0 unspecified atom stereocenters. The Labute approximate surface area is 143 Å². The number of benzene rings is 1. The standard InChI is InChI=1S/C16H18N4O3S/c1-4-15-18-19-16(24-15)17-14(21)9-20-6-5-11-12(20)7-10(22-2)8-13(11)23-3/h5-8H,4,9H2,1-3H3,(H,17,19,21). The molecule has 2 heterocycles. The molecule has 0 aliphatic carbocycles. The van der Waals surface area contributed by atoms with Crippen LogP contribution >= 0.6 is 11.3 Å². The predicted octanol–water partition coefficient (Wildman–Crippen LogP) is 2.71. The first-order valence-electron chi connectivity index (χ1n) is 7.47. The van der Waals surface area contributed by atoms with Gasteiger partial charge in [-0.3, -0.25) is 10.1 Å². The molecule has 0 saturated heterocycles. The van der Waals surface area contributed by atoms with Crippen molar-refractivity contribution in [1.82, 2.24) is 14.8 Å². The summed E-state index contributed by atoms with van der Waals surface area (Å²) in [7, 11) is 3.21. The summed E-state index contributed by atoms with van der Waals surface area (Å²) >= 11 is 1.39. The molecule has 0 aliphatic heterocycles. The highest BCUT2D eigenvalue weighted by atomic mass is 32.1. The fraction of sp³-hybridized carbons (Fsp3) is 0.312. The number of ether oxygens (including phenoxy) is 2. The molecule has 1 amide bonds. The lowest BCUT2D eigenvalue weighted by molar-refractivity contribution is -0.116. The van der Waals surface area contributed by atoms with Crippen molar-refractivity contribution in [2.24, 2.45) is 0 Å². The van der Waals surface area contributed by atoms with E-state index >= 15 is 0 Å². The number of nitrogens with zero attached hydrogens (tertiary/aromatic N) is 3. The predicted molar refractivity (Wildman–Crippen MR) is 93.0 cm³/mol. The van der Waals surface area contributed by atoms with Gasteiger partial charge in [0.25, 0.3) is 0 Å². The summed E-state index contributed by atoms with van der Waals surface area (Å²) in [5, 5.41) is 13.1. The van der Waals surface area contributed by atoms with E-state index in [0.717, 1.165) is 22.3 Å². The largest absolute Gasteiger partial charge is 0.497 e. The van der Waals surface area contributed by atoms with E-state index in [1.165, 1.54) is 11.3 Å². The Morgan fingerprint density at radius 2 is 2.12 bits per heavy atom. The minimum absolute atomic E-state index is 0.159. The smallest absolute Gasteiger partial charge is 0.246 e. The van der Waals surface area contributed by atoms with E-state index < -0.39 is 0 Å². The maximum absolute atomic E-state index is 12.3. The fourth-order valence-corrected chi connectivity index (χ4v) is 3.12. The van der Waals surface area contributed by atoms with Gasteiger partial charge in [-0.05, 0) is 12.5 Å². The van der Waals surface area contributed by atoms with Crippen molar-refractivity contribution in [1.29, 1.82) is 0 Å². The Morgan fingerprint density at radius 1 is 1.29 bits per heavy atom. The molecule has 0 spiro atoms. The summed E-state index contributed by atoms with van der Waals surface area (Å²) < 4.78 is 12.5. The second-order valence-electron chi connectivity index (χ2n) is 5.11. The van der Waals surface area contributed by atoms with Crippen molar-refractivity contribution in [2.45, 2.75) is 19.9 Å². The number of methoxy groups -OCH3 is 2. The van der Waals surface area contributed by atoms with Gasteiger partial charge in [-0.15, -0.1) is 10.2 Å². The van der Waals surface area contributed by atoms with E-state index in [9.17, 15) is 4.79 Å². The summed E-state index contributed by atoms with van der Waals surface area (Å²) in [5.41, 5.74) is 0.868. The summed E-state index contributed by atoms with van der Waals surface area (Å²) in [4.78, 5) is 12.3. The second-order valence-corrected chi connectivity index (χ2v) is 6.17. The van der Waals surface area contributed by atoms with Crippen LogP contribution in [-0.4, -0.2) is 34.9 Å². The molecule has 2 aromatic heterocycles. The van der Waals surface area contributed by atoms with Gasteiger partial charge in [-0.1, -0.05) is 18.3 Å². The zero-order valence-corrected chi connectivity index (χ0v) is 14.5. The molecule has 24 heavy (non-hydrogen) atoms. The fourth-order valence-electron chi connectivity index (χ4n) is 2.42. The van der Waals surface area contributed by atoms with Gasteiger partial charge in [0.1, 0.15) is 23.1 Å². The molecule has 3 rings (SSSR count). The summed E-state index contributed by atoms with van der Waals surface area (Å²) in [5.74, 6) is 1.23. The first kappa shape index (κ1) is 16.3. The third-order valence-corrected chi connectivity index (χ3v) is 4.59. The molecule has 7 nitrogen and oxygen atoms in total. The van der Waals surface area contributed by atoms with Crippen molar-refractivity contribution in [3.8, 4) is 11.5 Å². The molecular weight excluding hydrogens is 328 g/mol. The maximum atomic E-state index is 12.3. The Balaban J connectivity index is 1.82. The van der Waals surface area contributed by atoms with Crippen molar-refractivity contribution < 1.29 is 14.3 Å². The molecule has 0 radical (unpaired) electrons. The van der Waals surface area contributed by atoms with Crippen molar-refractivity contribution >= 4 is 33.3 Å². The number of amides is 1. The lowest BCUT2D eigenvalue weighted by Gasteiger charge is -2.09. The molecule has 0 aliphatic rings. The van der Waals surface area contributed by atoms with Gasteiger partial charge in [-0.2, -0.15) is 0 Å². The van der Waals surface area contributed by atoms with Gasteiger partial charge in [-0.25, -0.2) is 0 Å². The third-order valence-electron chi connectivity index (χ3n) is 3.61. The topological polar surface area (TPSA) is 78.3 Å². The van der Waals surface area contributed by atoms with Crippen LogP contribution in [0.1, 0.15) is 11.9 Å². The van der Waals surface area contributed by atoms with Crippen LogP contribution in [0.2, 0.25) is 0 Å². The molecule has 0 bridgehead atoms. The summed E-state index contributed by atoms with van der Waals surface area (Å²) in [6, 6.07) is 5.62. The molecule has 0 fully saturated rings. The summed E-state index contributed by atoms with van der Waals surface area (Å²) in [6.45, 7) is 2.17. The molecule has 3 aromatic rings. The van der Waals surface area contributed by atoms with Gasteiger partial charge < -0.3 is 14.0 Å². The van der Waals surface area contributed by atoms with Crippen molar-refractivity contribution in [3.05, 3.63) is 29.4 Å². The van der Waals surface area contributed by atoms with Gasteiger partial charge in [0, 0.05) is 23.7 Å². The van der Waals surface area contributed by atoms with E-state index in [2.05, 4.69) is 15.5 Å².